The van der Waals surface area contributed by atoms with Gasteiger partial charge >= 0.3 is 5.97 Å². The zero-order valence-electron chi connectivity index (χ0n) is 26.3. The first kappa shape index (κ1) is 31.7. The van der Waals surface area contributed by atoms with Gasteiger partial charge in [-0.2, -0.15) is 0 Å². The summed E-state index contributed by atoms with van der Waals surface area (Å²) >= 11 is 0. The Balaban J connectivity index is 1.58. The number of benzene rings is 2. The summed E-state index contributed by atoms with van der Waals surface area (Å²) in [4.78, 5) is 28.2. The first-order valence-electron chi connectivity index (χ1n) is 15.0. The fraction of sp³-hybridized carbons (Fsp3) is 0.576. The summed E-state index contributed by atoms with van der Waals surface area (Å²) in [6.45, 7) is 6.45. The van der Waals surface area contributed by atoms with Crippen molar-refractivity contribution in [1.29, 1.82) is 0 Å². The number of aliphatic hydroxyl groups is 1. The van der Waals surface area contributed by atoms with Crippen LogP contribution in [0.25, 0.3) is 0 Å². The molecule has 7 atom stereocenters. The summed E-state index contributed by atoms with van der Waals surface area (Å²) in [7, 11) is 5.80. The average molecular weight is 615 g/mol. The second kappa shape index (κ2) is 13.1. The summed E-state index contributed by atoms with van der Waals surface area (Å²) in [5, 5.41) is 11.8. The number of carbonyl (C=O) groups excluding carboxylic acids is 2. The number of Topliss-reactive ketones (excluding diaryl/α,β-unsaturated/α-hetero) is 1. The van der Waals surface area contributed by atoms with E-state index in [9.17, 15) is 14.7 Å². The van der Waals surface area contributed by atoms with Gasteiger partial charge in [0, 0.05) is 0 Å². The maximum Gasteiger partial charge on any atom is 0.315 e. The first-order valence-corrected chi connectivity index (χ1v) is 15.0. The maximum absolute atomic E-state index is 14.5. The molecule has 0 bridgehead atoms. The Morgan fingerprint density at radius 3 is 2.25 bits per heavy atom. The lowest BCUT2D eigenvalue weighted by Crippen LogP contribution is -2.41. The monoisotopic (exact) mass is 614 g/mol. The number of hydrogen-bond donors (Lipinski definition) is 1. The van der Waals surface area contributed by atoms with Crippen molar-refractivity contribution in [3.05, 3.63) is 35.4 Å². The largest absolute Gasteiger partial charge is 0.493 e. The highest BCUT2D eigenvalue weighted by Gasteiger charge is 2.55. The number of fused-ring (bicyclic) bond motifs is 1. The van der Waals surface area contributed by atoms with Crippen LogP contribution in [0.5, 0.6) is 34.5 Å². The van der Waals surface area contributed by atoms with Crippen LogP contribution in [-0.2, 0) is 14.3 Å². The number of esters is 1. The Morgan fingerprint density at radius 2 is 1.64 bits per heavy atom. The molecule has 0 spiro atoms. The SMILES string of the molecule is COc1cc([C@@H](O)[C@H]2C(=O)O[C@@H](OC3CC(C)CCC3C(C)C)[C@@H]2C(=O)c2ccc3c(c2OC)OCO3)cc(OC)c1OC. The van der Waals surface area contributed by atoms with Gasteiger partial charge < -0.3 is 43.0 Å². The highest BCUT2D eigenvalue weighted by Crippen LogP contribution is 2.49. The van der Waals surface area contributed by atoms with Gasteiger partial charge in [-0.05, 0) is 60.4 Å². The minimum absolute atomic E-state index is 0.0149. The molecule has 2 fully saturated rings. The molecular weight excluding hydrogens is 572 g/mol. The van der Waals surface area contributed by atoms with Crippen molar-refractivity contribution in [2.45, 2.75) is 58.5 Å². The number of aliphatic hydroxyl groups excluding tert-OH is 1. The van der Waals surface area contributed by atoms with Crippen LogP contribution in [0.2, 0.25) is 0 Å². The van der Waals surface area contributed by atoms with Crippen molar-refractivity contribution in [2.24, 2.45) is 29.6 Å². The first-order chi connectivity index (χ1) is 21.1. The van der Waals surface area contributed by atoms with Crippen molar-refractivity contribution in [1.82, 2.24) is 0 Å². The van der Waals surface area contributed by atoms with Crippen LogP contribution < -0.4 is 28.4 Å². The van der Waals surface area contributed by atoms with E-state index in [1.807, 2.05) is 0 Å². The average Bonchev–Trinajstić information content (AvgIpc) is 3.62. The molecule has 3 aliphatic rings. The van der Waals surface area contributed by atoms with Crippen molar-refractivity contribution in [2.75, 3.05) is 35.2 Å². The predicted molar refractivity (Wildman–Crippen MR) is 158 cm³/mol. The molecule has 44 heavy (non-hydrogen) atoms. The zero-order chi connectivity index (χ0) is 31.7. The molecule has 3 unspecified atom stereocenters. The Morgan fingerprint density at radius 1 is 0.955 bits per heavy atom. The van der Waals surface area contributed by atoms with Crippen molar-refractivity contribution < 1.29 is 52.6 Å². The third-order valence-corrected chi connectivity index (χ3v) is 9.09. The third kappa shape index (κ3) is 5.75. The summed E-state index contributed by atoms with van der Waals surface area (Å²) in [6, 6.07) is 6.28. The highest BCUT2D eigenvalue weighted by atomic mass is 16.7. The number of methoxy groups -OCH3 is 4. The molecule has 0 amide bonds. The van der Waals surface area contributed by atoms with Gasteiger partial charge in [-0.3, -0.25) is 9.59 Å². The van der Waals surface area contributed by atoms with E-state index < -0.39 is 36.0 Å². The van der Waals surface area contributed by atoms with Crippen LogP contribution in [0.3, 0.4) is 0 Å². The molecule has 1 saturated carbocycles. The number of ketones is 1. The summed E-state index contributed by atoms with van der Waals surface area (Å²) in [5.41, 5.74) is 0.442. The van der Waals surface area contributed by atoms with E-state index in [1.165, 1.54) is 28.4 Å². The highest BCUT2D eigenvalue weighted by molar-refractivity contribution is 6.04. The van der Waals surface area contributed by atoms with Crippen LogP contribution >= 0.6 is 0 Å². The number of hydrogen-bond acceptors (Lipinski definition) is 11. The second-order valence-electron chi connectivity index (χ2n) is 12.0. The molecule has 2 aliphatic heterocycles. The van der Waals surface area contributed by atoms with Gasteiger partial charge in [-0.25, -0.2) is 0 Å². The fourth-order valence-corrected chi connectivity index (χ4v) is 6.75. The van der Waals surface area contributed by atoms with E-state index >= 15 is 0 Å². The van der Waals surface area contributed by atoms with Gasteiger partial charge in [0.25, 0.3) is 0 Å². The quantitative estimate of drug-likeness (QED) is 0.272. The molecule has 11 nitrogen and oxygen atoms in total. The van der Waals surface area contributed by atoms with E-state index in [4.69, 9.17) is 37.9 Å². The molecule has 5 rings (SSSR count). The number of ether oxygens (including phenoxy) is 8. The second-order valence-corrected chi connectivity index (χ2v) is 12.0. The number of cyclic esters (lactones) is 1. The molecule has 2 heterocycles. The molecule has 1 aliphatic carbocycles. The molecule has 1 saturated heterocycles. The minimum atomic E-state index is -1.48. The predicted octanol–water partition coefficient (Wildman–Crippen LogP) is 4.96. The molecule has 0 aromatic heterocycles. The maximum atomic E-state index is 14.5. The minimum Gasteiger partial charge on any atom is -0.493 e. The molecule has 0 radical (unpaired) electrons. The van der Waals surface area contributed by atoms with E-state index in [-0.39, 0.29) is 47.2 Å². The van der Waals surface area contributed by atoms with Crippen molar-refractivity contribution in [3.8, 4) is 34.5 Å². The number of carbonyl (C=O) groups is 2. The van der Waals surface area contributed by atoms with E-state index in [1.54, 1.807) is 24.3 Å². The Labute approximate surface area is 257 Å². The van der Waals surface area contributed by atoms with Gasteiger partial charge in [0.05, 0.1) is 46.2 Å². The molecule has 2 aromatic carbocycles. The van der Waals surface area contributed by atoms with Gasteiger partial charge in [-0.1, -0.05) is 27.2 Å². The summed E-state index contributed by atoms with van der Waals surface area (Å²) in [6.07, 6.45) is -0.135. The van der Waals surface area contributed by atoms with Crippen LogP contribution in [0, 0.1) is 29.6 Å². The molecular formula is C33H42O11. The van der Waals surface area contributed by atoms with Gasteiger partial charge in [0.2, 0.25) is 24.6 Å². The van der Waals surface area contributed by atoms with Crippen molar-refractivity contribution >= 4 is 11.8 Å². The molecule has 240 valence electrons. The Kier molecular flexibility index (Phi) is 9.45. The lowest BCUT2D eigenvalue weighted by atomic mass is 9.75. The molecule has 1 N–H and O–H groups in total. The standard InChI is InChI=1S/C33H42O11/c1-16(2)19-9-8-17(3)12-22(19)43-33-26(28(35)20-10-11-21-31(29(20)39-6)42-15-41-21)25(32(36)44-33)27(34)18-13-23(37-4)30(40-7)24(14-18)38-5/h10-11,13-14,16-17,19,22,25-27,33-34H,8-9,12,15H2,1-7H3/t17?,19?,22?,25-,26-,27+,33+/m0/s1. The van der Waals surface area contributed by atoms with E-state index in [0.29, 0.717) is 29.1 Å². The normalized spacial score (nSPS) is 26.7. The lowest BCUT2D eigenvalue weighted by molar-refractivity contribution is -0.192. The van der Waals surface area contributed by atoms with Crippen LogP contribution in [0.15, 0.2) is 24.3 Å². The zero-order valence-corrected chi connectivity index (χ0v) is 26.3. The van der Waals surface area contributed by atoms with E-state index in [0.717, 1.165) is 19.3 Å². The number of rotatable bonds is 11. The molecule has 11 heteroatoms. The summed E-state index contributed by atoms with van der Waals surface area (Å²) in [5.74, 6) is -0.993. The smallest absolute Gasteiger partial charge is 0.315 e. The fourth-order valence-electron chi connectivity index (χ4n) is 6.75. The topological polar surface area (TPSA) is 128 Å². The Hall–Kier alpha value is -3.70. The van der Waals surface area contributed by atoms with Crippen molar-refractivity contribution in [3.63, 3.8) is 0 Å². The Bertz CT molecular complexity index is 1350. The van der Waals surface area contributed by atoms with Crippen LogP contribution in [-0.4, -0.2) is 64.5 Å². The van der Waals surface area contributed by atoms with Gasteiger partial charge in [0.1, 0.15) is 11.8 Å². The summed E-state index contributed by atoms with van der Waals surface area (Å²) < 4.78 is 45.5. The third-order valence-electron chi connectivity index (χ3n) is 9.09. The van der Waals surface area contributed by atoms with E-state index in [2.05, 4.69) is 20.8 Å². The lowest BCUT2D eigenvalue weighted by Gasteiger charge is -2.38. The van der Waals surface area contributed by atoms with Gasteiger partial charge in [-0.15, -0.1) is 0 Å². The van der Waals surface area contributed by atoms with Gasteiger partial charge in [0.15, 0.2) is 28.8 Å². The molecule has 2 aromatic rings. The van der Waals surface area contributed by atoms with Crippen LogP contribution in [0.4, 0.5) is 0 Å². The van der Waals surface area contributed by atoms with Crippen LogP contribution in [0.1, 0.15) is 62.1 Å².